The Morgan fingerprint density at radius 1 is 1.25 bits per heavy atom. The number of hydrogen-bond acceptors (Lipinski definition) is 3. The number of rotatable bonds is 4. The van der Waals surface area contributed by atoms with Crippen molar-refractivity contribution in [1.82, 2.24) is 0 Å². The quantitative estimate of drug-likeness (QED) is 0.724. The first-order chi connectivity index (χ1) is 11.0. The van der Waals surface area contributed by atoms with Gasteiger partial charge in [0.05, 0.1) is 5.60 Å². The highest BCUT2D eigenvalue weighted by Gasteiger charge is 2.35. The van der Waals surface area contributed by atoms with Crippen LogP contribution in [0, 0.1) is 17.3 Å². The third-order valence-electron chi connectivity index (χ3n) is 5.23. The summed E-state index contributed by atoms with van der Waals surface area (Å²) in [4.78, 5) is 10.7. The van der Waals surface area contributed by atoms with E-state index in [0.717, 1.165) is 18.4 Å². The van der Waals surface area contributed by atoms with Gasteiger partial charge in [0, 0.05) is 5.92 Å². The second-order valence-electron chi connectivity index (χ2n) is 7.88. The molecular formula is C20H28O4. The van der Waals surface area contributed by atoms with Crippen molar-refractivity contribution in [3.63, 3.8) is 0 Å². The SMILES string of the molecule is CC1CC(C(C)(C)C2C=CC(C(C)(C)O)=CC2)=CC=C1OC(=O)O. The largest absolute Gasteiger partial charge is 0.511 e. The molecule has 2 aliphatic rings. The Hall–Kier alpha value is -1.81. The van der Waals surface area contributed by atoms with Gasteiger partial charge in [0.1, 0.15) is 5.76 Å². The predicted molar refractivity (Wildman–Crippen MR) is 94.5 cm³/mol. The molecule has 0 spiro atoms. The lowest BCUT2D eigenvalue weighted by Gasteiger charge is -2.39. The standard InChI is InChI=1S/C20H28O4/c1-13-12-16(10-11-17(13)24-18(21)22)19(2,3)14-6-8-15(9-7-14)20(4,5)23/h6,8-11,13-14,23H,7,12H2,1-5H3,(H,21,22). The topological polar surface area (TPSA) is 66.8 Å². The summed E-state index contributed by atoms with van der Waals surface area (Å²) in [6.07, 6.45) is 10.5. The number of aliphatic hydroxyl groups is 1. The monoisotopic (exact) mass is 332 g/mol. The summed E-state index contributed by atoms with van der Waals surface area (Å²) >= 11 is 0. The van der Waals surface area contributed by atoms with Crippen LogP contribution in [0.25, 0.3) is 0 Å². The summed E-state index contributed by atoms with van der Waals surface area (Å²) in [5.41, 5.74) is 1.40. The third kappa shape index (κ3) is 3.99. The molecule has 4 nitrogen and oxygen atoms in total. The summed E-state index contributed by atoms with van der Waals surface area (Å²) in [6, 6.07) is 0. The number of allylic oxidation sites excluding steroid dienone is 6. The first-order valence-corrected chi connectivity index (χ1v) is 8.45. The van der Waals surface area contributed by atoms with Crippen LogP contribution in [0.15, 0.2) is 47.3 Å². The minimum absolute atomic E-state index is 0.0440. The van der Waals surface area contributed by atoms with E-state index in [1.807, 2.05) is 19.1 Å². The summed E-state index contributed by atoms with van der Waals surface area (Å²) < 4.78 is 4.84. The molecule has 2 aliphatic carbocycles. The molecule has 0 saturated carbocycles. The zero-order chi connectivity index (χ0) is 18.1. The minimum atomic E-state index is -1.26. The molecule has 0 saturated heterocycles. The van der Waals surface area contributed by atoms with Gasteiger partial charge in [-0.1, -0.05) is 50.6 Å². The fourth-order valence-electron chi connectivity index (χ4n) is 3.41. The fourth-order valence-corrected chi connectivity index (χ4v) is 3.41. The van der Waals surface area contributed by atoms with Crippen molar-refractivity contribution in [1.29, 1.82) is 0 Å². The normalized spacial score (nSPS) is 24.8. The van der Waals surface area contributed by atoms with Crippen LogP contribution >= 0.6 is 0 Å². The highest BCUT2D eigenvalue weighted by molar-refractivity contribution is 5.59. The summed E-state index contributed by atoms with van der Waals surface area (Å²) in [6.45, 7) is 10.0. The summed E-state index contributed by atoms with van der Waals surface area (Å²) in [7, 11) is 0. The van der Waals surface area contributed by atoms with Crippen LogP contribution in [0.5, 0.6) is 0 Å². The van der Waals surface area contributed by atoms with Crippen LogP contribution < -0.4 is 0 Å². The first-order valence-electron chi connectivity index (χ1n) is 8.45. The van der Waals surface area contributed by atoms with E-state index in [2.05, 4.69) is 26.0 Å². The van der Waals surface area contributed by atoms with E-state index in [1.54, 1.807) is 19.9 Å². The number of ether oxygens (including phenoxy) is 1. The maximum absolute atomic E-state index is 10.7. The molecule has 0 radical (unpaired) electrons. The molecule has 4 heteroatoms. The van der Waals surface area contributed by atoms with Crippen molar-refractivity contribution in [3.8, 4) is 0 Å². The van der Waals surface area contributed by atoms with Gasteiger partial charge in [0.15, 0.2) is 0 Å². The van der Waals surface area contributed by atoms with Gasteiger partial charge in [-0.15, -0.1) is 0 Å². The van der Waals surface area contributed by atoms with E-state index in [9.17, 15) is 9.90 Å². The number of hydrogen-bond donors (Lipinski definition) is 2. The number of carbonyl (C=O) groups is 1. The van der Waals surface area contributed by atoms with Gasteiger partial charge in [-0.25, -0.2) is 4.79 Å². The van der Waals surface area contributed by atoms with Gasteiger partial charge in [-0.3, -0.25) is 0 Å². The predicted octanol–water partition coefficient (Wildman–Crippen LogP) is 4.83. The minimum Gasteiger partial charge on any atom is -0.449 e. The highest BCUT2D eigenvalue weighted by atomic mass is 16.7. The van der Waals surface area contributed by atoms with Gasteiger partial charge in [0.2, 0.25) is 0 Å². The Kier molecular flexibility index (Phi) is 5.09. The Bertz CT molecular complexity index is 627. The van der Waals surface area contributed by atoms with Crippen molar-refractivity contribution < 1.29 is 19.7 Å². The molecule has 0 aliphatic heterocycles. The zero-order valence-corrected chi connectivity index (χ0v) is 15.2. The second-order valence-corrected chi connectivity index (χ2v) is 7.88. The van der Waals surface area contributed by atoms with Gasteiger partial charge in [-0.05, 0) is 49.7 Å². The van der Waals surface area contributed by atoms with Crippen LogP contribution in [0.3, 0.4) is 0 Å². The molecular weight excluding hydrogens is 304 g/mol. The van der Waals surface area contributed by atoms with Gasteiger partial charge < -0.3 is 14.9 Å². The van der Waals surface area contributed by atoms with Crippen LogP contribution in [-0.4, -0.2) is 22.0 Å². The molecule has 0 fully saturated rings. The molecule has 2 N–H and O–H groups in total. The van der Waals surface area contributed by atoms with Crippen molar-refractivity contribution in [2.24, 2.45) is 17.3 Å². The fraction of sp³-hybridized carbons (Fsp3) is 0.550. The third-order valence-corrected chi connectivity index (χ3v) is 5.23. The Morgan fingerprint density at radius 2 is 1.92 bits per heavy atom. The molecule has 2 rings (SSSR count). The van der Waals surface area contributed by atoms with Gasteiger partial charge in [-0.2, -0.15) is 0 Å². The summed E-state index contributed by atoms with van der Waals surface area (Å²) in [5.74, 6) is 0.901. The van der Waals surface area contributed by atoms with E-state index in [1.165, 1.54) is 5.57 Å². The maximum Gasteiger partial charge on any atom is 0.511 e. The van der Waals surface area contributed by atoms with E-state index in [4.69, 9.17) is 9.84 Å². The van der Waals surface area contributed by atoms with Crippen LogP contribution in [0.2, 0.25) is 0 Å². The Balaban J connectivity index is 2.16. The van der Waals surface area contributed by atoms with Crippen molar-refractivity contribution in [3.05, 3.63) is 47.3 Å². The molecule has 0 bridgehead atoms. The van der Waals surface area contributed by atoms with Crippen molar-refractivity contribution in [2.75, 3.05) is 0 Å². The summed E-state index contributed by atoms with van der Waals surface area (Å²) in [5, 5.41) is 18.9. The molecule has 132 valence electrons. The lowest BCUT2D eigenvalue weighted by Crippen LogP contribution is -2.30. The Morgan fingerprint density at radius 3 is 2.38 bits per heavy atom. The van der Waals surface area contributed by atoms with Crippen LogP contribution in [0.1, 0.15) is 47.5 Å². The molecule has 0 aromatic carbocycles. The van der Waals surface area contributed by atoms with Crippen LogP contribution in [0.4, 0.5) is 4.79 Å². The molecule has 2 unspecified atom stereocenters. The highest BCUT2D eigenvalue weighted by Crippen LogP contribution is 2.45. The molecule has 0 amide bonds. The van der Waals surface area contributed by atoms with E-state index in [0.29, 0.717) is 11.7 Å². The maximum atomic E-state index is 10.7. The lowest BCUT2D eigenvalue weighted by molar-refractivity contribution is 0.109. The van der Waals surface area contributed by atoms with Gasteiger partial charge in [0.25, 0.3) is 0 Å². The van der Waals surface area contributed by atoms with E-state index < -0.39 is 11.8 Å². The molecule has 0 heterocycles. The van der Waals surface area contributed by atoms with Crippen molar-refractivity contribution in [2.45, 2.75) is 53.1 Å². The van der Waals surface area contributed by atoms with Gasteiger partial charge >= 0.3 is 6.16 Å². The van der Waals surface area contributed by atoms with Crippen LogP contribution in [-0.2, 0) is 4.74 Å². The Labute approximate surface area is 144 Å². The van der Waals surface area contributed by atoms with Crippen molar-refractivity contribution >= 4 is 6.16 Å². The molecule has 2 atom stereocenters. The van der Waals surface area contributed by atoms with E-state index >= 15 is 0 Å². The number of carboxylic acid groups (broad SMARTS) is 1. The zero-order valence-electron chi connectivity index (χ0n) is 15.2. The molecule has 24 heavy (non-hydrogen) atoms. The molecule has 0 aromatic heterocycles. The first kappa shape index (κ1) is 18.5. The smallest absolute Gasteiger partial charge is 0.449 e. The average molecular weight is 332 g/mol. The molecule has 0 aromatic rings. The average Bonchev–Trinajstić information content (AvgIpc) is 2.48. The van der Waals surface area contributed by atoms with E-state index in [-0.39, 0.29) is 11.3 Å². The lowest BCUT2D eigenvalue weighted by atomic mass is 9.66. The second kappa shape index (κ2) is 6.60.